The van der Waals surface area contributed by atoms with Crippen LogP contribution in [0, 0.1) is 0 Å². The molecule has 0 unspecified atom stereocenters. The number of rotatable bonds is 5. The van der Waals surface area contributed by atoms with Crippen molar-refractivity contribution < 1.29 is 32.6 Å². The molecule has 176 valence electrons. The van der Waals surface area contributed by atoms with E-state index >= 15 is 0 Å². The van der Waals surface area contributed by atoms with Gasteiger partial charge in [-0.15, -0.1) is 0 Å². The number of carbonyl (C=O) groups excluding carboxylic acids is 1. The van der Waals surface area contributed by atoms with Crippen LogP contribution in [0.5, 0.6) is 5.75 Å². The first-order valence-electron chi connectivity index (χ1n) is 10.3. The van der Waals surface area contributed by atoms with Crippen molar-refractivity contribution in [2.75, 3.05) is 18.4 Å². The minimum absolute atomic E-state index is 0.0729. The smallest absolute Gasteiger partial charge is 0.305 e. The maximum Gasteiger partial charge on any atom is 0.305 e. The van der Waals surface area contributed by atoms with Crippen molar-refractivity contribution in [3.8, 4) is 5.75 Å². The van der Waals surface area contributed by atoms with Gasteiger partial charge in [0.25, 0.3) is 15.9 Å². The number of hydrogen-bond acceptors (Lipinski definition) is 6. The number of ether oxygens (including phenoxy) is 2. The number of benzene rings is 2. The average Bonchev–Trinajstić information content (AvgIpc) is 2.76. The van der Waals surface area contributed by atoms with Gasteiger partial charge in [0, 0.05) is 12.7 Å². The third-order valence-corrected chi connectivity index (χ3v) is 7.67. The quantitative estimate of drug-likeness (QED) is 0.655. The highest BCUT2D eigenvalue weighted by Gasteiger charge is 2.39. The van der Waals surface area contributed by atoms with E-state index in [9.17, 15) is 18.0 Å². The second-order valence-corrected chi connectivity index (χ2v) is 10.1. The van der Waals surface area contributed by atoms with Crippen LogP contribution in [0.1, 0.15) is 29.6 Å². The van der Waals surface area contributed by atoms with Gasteiger partial charge >= 0.3 is 5.97 Å². The lowest BCUT2D eigenvalue weighted by Crippen LogP contribution is -2.53. The number of halogens is 1. The lowest BCUT2D eigenvalue weighted by Gasteiger charge is -2.42. The molecule has 3 atom stereocenters. The van der Waals surface area contributed by atoms with Crippen molar-refractivity contribution in [3.63, 3.8) is 0 Å². The number of nitrogens with zero attached hydrogens (tertiary/aromatic N) is 1. The fourth-order valence-electron chi connectivity index (χ4n) is 4.16. The van der Waals surface area contributed by atoms with Crippen molar-refractivity contribution in [2.24, 2.45) is 0 Å². The SMILES string of the molecule is CN1C(=O)c2cc(NS(=O)(=O)c3ccccc3Cl)ccc2OC[C@@H]2O[C@H](CC(=O)O)CC[C@@H]21. The molecule has 0 aliphatic carbocycles. The van der Waals surface area contributed by atoms with E-state index in [4.69, 9.17) is 26.2 Å². The molecule has 2 aliphatic heterocycles. The van der Waals surface area contributed by atoms with Crippen LogP contribution in [0.25, 0.3) is 0 Å². The number of carboxylic acid groups (broad SMARTS) is 1. The van der Waals surface area contributed by atoms with Crippen molar-refractivity contribution in [2.45, 2.75) is 42.4 Å². The normalized spacial score (nSPS) is 22.9. The van der Waals surface area contributed by atoms with Crippen LogP contribution in [0.4, 0.5) is 5.69 Å². The van der Waals surface area contributed by atoms with E-state index in [0.717, 1.165) is 0 Å². The Labute approximate surface area is 196 Å². The Morgan fingerprint density at radius 2 is 2.00 bits per heavy atom. The number of fused-ring (bicyclic) bond motifs is 2. The van der Waals surface area contributed by atoms with Crippen LogP contribution < -0.4 is 9.46 Å². The summed E-state index contributed by atoms with van der Waals surface area (Å²) in [5.41, 5.74) is 0.403. The lowest BCUT2D eigenvalue weighted by molar-refractivity contribution is -0.148. The summed E-state index contributed by atoms with van der Waals surface area (Å²) in [6.07, 6.45) is 0.0738. The Bertz CT molecular complexity index is 1190. The second-order valence-electron chi connectivity index (χ2n) is 8.01. The Kier molecular flexibility index (Phi) is 6.51. The molecule has 2 N–H and O–H groups in total. The van der Waals surface area contributed by atoms with Gasteiger partial charge in [0.05, 0.1) is 29.2 Å². The molecule has 9 nitrogen and oxygen atoms in total. The van der Waals surface area contributed by atoms with Crippen LogP contribution in [-0.4, -0.2) is 62.2 Å². The van der Waals surface area contributed by atoms with Gasteiger partial charge in [-0.1, -0.05) is 23.7 Å². The van der Waals surface area contributed by atoms with E-state index in [-0.39, 0.29) is 51.9 Å². The number of anilines is 1. The zero-order chi connectivity index (χ0) is 23.8. The fourth-order valence-corrected chi connectivity index (χ4v) is 5.73. The van der Waals surface area contributed by atoms with Gasteiger partial charge in [-0.05, 0) is 43.2 Å². The zero-order valence-electron chi connectivity index (χ0n) is 17.7. The van der Waals surface area contributed by atoms with E-state index in [0.29, 0.717) is 12.8 Å². The van der Waals surface area contributed by atoms with Crippen molar-refractivity contribution in [1.29, 1.82) is 0 Å². The molecule has 33 heavy (non-hydrogen) atoms. The number of hydrogen-bond donors (Lipinski definition) is 2. The maximum atomic E-state index is 13.2. The van der Waals surface area contributed by atoms with E-state index in [1.807, 2.05) is 0 Å². The van der Waals surface area contributed by atoms with Crippen LogP contribution in [0.15, 0.2) is 47.4 Å². The molecule has 2 heterocycles. The minimum Gasteiger partial charge on any atom is -0.490 e. The highest BCUT2D eigenvalue weighted by atomic mass is 35.5. The molecule has 2 aromatic carbocycles. The molecule has 0 saturated carbocycles. The summed E-state index contributed by atoms with van der Waals surface area (Å²) in [6.45, 7) is 0.135. The van der Waals surface area contributed by atoms with Gasteiger partial charge in [0.2, 0.25) is 0 Å². The number of sulfonamides is 1. The number of likely N-dealkylation sites (N-methyl/N-ethyl adjacent to an activating group) is 1. The third kappa shape index (κ3) is 4.92. The molecular weight excluding hydrogens is 472 g/mol. The highest BCUT2D eigenvalue weighted by molar-refractivity contribution is 7.92. The number of carboxylic acids is 1. The summed E-state index contributed by atoms with van der Waals surface area (Å²) in [6, 6.07) is 10.2. The van der Waals surface area contributed by atoms with E-state index in [1.165, 1.54) is 30.3 Å². The molecule has 1 saturated heterocycles. The molecule has 0 aromatic heterocycles. The topological polar surface area (TPSA) is 122 Å². The molecule has 11 heteroatoms. The van der Waals surface area contributed by atoms with Crippen molar-refractivity contribution >= 4 is 39.2 Å². The highest BCUT2D eigenvalue weighted by Crippen LogP contribution is 2.33. The maximum absolute atomic E-state index is 13.2. The van der Waals surface area contributed by atoms with Gasteiger partial charge in [0.15, 0.2) is 0 Å². The Morgan fingerprint density at radius 1 is 1.24 bits per heavy atom. The molecule has 2 aliphatic rings. The molecular formula is C22H23ClN2O7S. The molecule has 1 amide bonds. The van der Waals surface area contributed by atoms with Gasteiger partial charge in [-0.2, -0.15) is 0 Å². The van der Waals surface area contributed by atoms with E-state index in [1.54, 1.807) is 24.1 Å². The predicted molar refractivity (Wildman–Crippen MR) is 120 cm³/mol. The summed E-state index contributed by atoms with van der Waals surface area (Å²) in [5, 5.41) is 9.13. The predicted octanol–water partition coefficient (Wildman–Crippen LogP) is 3.00. The average molecular weight is 495 g/mol. The van der Waals surface area contributed by atoms with Gasteiger partial charge in [-0.25, -0.2) is 8.42 Å². The van der Waals surface area contributed by atoms with Gasteiger partial charge in [0.1, 0.15) is 23.4 Å². The van der Waals surface area contributed by atoms with E-state index in [2.05, 4.69) is 4.72 Å². The molecule has 2 aromatic rings. The Hall–Kier alpha value is -2.82. The van der Waals surface area contributed by atoms with Crippen molar-refractivity contribution in [3.05, 3.63) is 53.1 Å². The molecule has 0 radical (unpaired) electrons. The van der Waals surface area contributed by atoms with E-state index < -0.39 is 28.2 Å². The number of aliphatic carboxylic acids is 1. The largest absolute Gasteiger partial charge is 0.490 e. The standard InChI is InChI=1S/C22H23ClN2O7S/c1-25-17-8-7-14(11-21(26)27)32-19(17)12-31-18-9-6-13(10-15(18)22(25)28)24-33(29,30)20-5-3-2-4-16(20)23/h2-6,9-10,14,17,19,24H,7-8,11-12H2,1H3,(H,26,27)/t14-,17-,19-/m0/s1. The first kappa shape index (κ1) is 23.3. The minimum atomic E-state index is -3.97. The summed E-state index contributed by atoms with van der Waals surface area (Å²) in [7, 11) is -2.32. The Balaban J connectivity index is 1.58. The van der Waals surface area contributed by atoms with Crippen LogP contribution >= 0.6 is 11.6 Å². The Morgan fingerprint density at radius 3 is 2.73 bits per heavy atom. The van der Waals surface area contributed by atoms with Crippen LogP contribution in [-0.2, 0) is 19.6 Å². The second kappa shape index (κ2) is 9.20. The number of carbonyl (C=O) groups is 2. The molecule has 1 fully saturated rings. The van der Waals surface area contributed by atoms with Gasteiger partial charge in [-0.3, -0.25) is 14.3 Å². The summed E-state index contributed by atoms with van der Waals surface area (Å²) >= 11 is 6.03. The number of amides is 1. The van der Waals surface area contributed by atoms with Crippen molar-refractivity contribution in [1.82, 2.24) is 4.90 Å². The monoisotopic (exact) mass is 494 g/mol. The third-order valence-electron chi connectivity index (χ3n) is 5.79. The van der Waals surface area contributed by atoms with Gasteiger partial charge < -0.3 is 19.5 Å². The van der Waals surface area contributed by atoms with Crippen LogP contribution in [0.2, 0.25) is 5.02 Å². The first-order valence-corrected chi connectivity index (χ1v) is 12.2. The molecule has 4 rings (SSSR count). The molecule has 0 spiro atoms. The number of nitrogens with one attached hydrogen (secondary N) is 1. The van der Waals surface area contributed by atoms with Crippen LogP contribution in [0.3, 0.4) is 0 Å². The first-order chi connectivity index (χ1) is 15.7. The summed E-state index contributed by atoms with van der Waals surface area (Å²) in [4.78, 5) is 25.8. The fraction of sp³-hybridized carbons (Fsp3) is 0.364. The zero-order valence-corrected chi connectivity index (χ0v) is 19.3. The lowest BCUT2D eigenvalue weighted by atomic mass is 9.95. The molecule has 0 bridgehead atoms. The summed E-state index contributed by atoms with van der Waals surface area (Å²) < 4.78 is 39.8. The summed E-state index contributed by atoms with van der Waals surface area (Å²) in [5.74, 6) is -1.000.